The summed E-state index contributed by atoms with van der Waals surface area (Å²) in [6.45, 7) is 12.0. The van der Waals surface area contributed by atoms with Crippen molar-refractivity contribution in [1.29, 1.82) is 0 Å². The van der Waals surface area contributed by atoms with Gasteiger partial charge in [-0.05, 0) is 43.4 Å². The number of hydrogen-bond acceptors (Lipinski definition) is 15. The Morgan fingerprint density at radius 3 is 0.673 bits per heavy atom. The van der Waals surface area contributed by atoms with E-state index in [9.17, 15) is 43.2 Å². The number of esters is 4. The highest BCUT2D eigenvalue weighted by Gasteiger charge is 2.30. The lowest BCUT2D eigenvalue weighted by Crippen LogP contribution is -2.30. The highest BCUT2D eigenvalue weighted by atomic mass is 31.2. The number of unbranched alkanes of at least 4 members (excludes halogenated alkanes) is 48. The van der Waals surface area contributed by atoms with Crippen molar-refractivity contribution in [2.24, 2.45) is 17.8 Å². The fourth-order valence-electron chi connectivity index (χ4n) is 12.7. The first-order chi connectivity index (χ1) is 48.7. The van der Waals surface area contributed by atoms with Crippen molar-refractivity contribution >= 4 is 39.5 Å². The van der Waals surface area contributed by atoms with E-state index >= 15 is 0 Å². The zero-order valence-corrected chi connectivity index (χ0v) is 68.2. The zero-order valence-electron chi connectivity index (χ0n) is 66.4. The van der Waals surface area contributed by atoms with Gasteiger partial charge in [-0.3, -0.25) is 37.3 Å². The highest BCUT2D eigenvalue weighted by molar-refractivity contribution is 7.47. The molecule has 0 spiro atoms. The summed E-state index contributed by atoms with van der Waals surface area (Å²) in [7, 11) is -9.92. The van der Waals surface area contributed by atoms with Gasteiger partial charge in [0.25, 0.3) is 0 Å². The summed E-state index contributed by atoms with van der Waals surface area (Å²) in [4.78, 5) is 73.1. The van der Waals surface area contributed by atoms with Gasteiger partial charge in [-0.1, -0.05) is 376 Å². The van der Waals surface area contributed by atoms with E-state index in [0.29, 0.717) is 25.7 Å². The van der Waals surface area contributed by atoms with E-state index in [1.165, 1.54) is 238 Å². The Bertz CT molecular complexity index is 1960. The fourth-order valence-corrected chi connectivity index (χ4v) is 14.2. The number of rotatable bonds is 80. The lowest BCUT2D eigenvalue weighted by molar-refractivity contribution is -0.161. The van der Waals surface area contributed by atoms with Crippen LogP contribution in [0.5, 0.6) is 0 Å². The molecule has 0 aliphatic rings. The van der Waals surface area contributed by atoms with Gasteiger partial charge in [0.15, 0.2) is 12.2 Å². The molecule has 0 saturated heterocycles. The van der Waals surface area contributed by atoms with Gasteiger partial charge in [0.1, 0.15) is 19.3 Å². The van der Waals surface area contributed by atoms with Crippen LogP contribution >= 0.6 is 15.6 Å². The van der Waals surface area contributed by atoms with Gasteiger partial charge < -0.3 is 33.8 Å². The largest absolute Gasteiger partial charge is 0.472 e. The van der Waals surface area contributed by atoms with Crippen molar-refractivity contribution in [3.63, 3.8) is 0 Å². The minimum atomic E-state index is -4.96. The quantitative estimate of drug-likeness (QED) is 0.0222. The molecule has 0 aliphatic heterocycles. The molecule has 17 nitrogen and oxygen atoms in total. The van der Waals surface area contributed by atoms with Gasteiger partial charge in [-0.25, -0.2) is 9.13 Å². The first-order valence-electron chi connectivity index (χ1n) is 42.3. The van der Waals surface area contributed by atoms with E-state index < -0.39 is 97.5 Å². The third-order valence-electron chi connectivity index (χ3n) is 19.1. The molecule has 0 fully saturated rings. The Balaban J connectivity index is 5.27. The maximum absolute atomic E-state index is 13.1. The van der Waals surface area contributed by atoms with Crippen molar-refractivity contribution in [3.8, 4) is 0 Å². The van der Waals surface area contributed by atoms with Crippen LogP contribution in [-0.2, 0) is 65.4 Å². The molecule has 0 aromatic rings. The monoisotopic (exact) mass is 1480 g/mol. The van der Waals surface area contributed by atoms with Crippen molar-refractivity contribution in [3.05, 3.63) is 0 Å². The molecule has 0 aromatic carbocycles. The van der Waals surface area contributed by atoms with Gasteiger partial charge in [-0.15, -0.1) is 0 Å². The molecule has 0 rings (SSSR count). The van der Waals surface area contributed by atoms with E-state index in [2.05, 4.69) is 48.5 Å². The molecule has 2 unspecified atom stereocenters. The van der Waals surface area contributed by atoms with E-state index in [-0.39, 0.29) is 25.7 Å². The van der Waals surface area contributed by atoms with E-state index in [1.807, 2.05) is 0 Å². The lowest BCUT2D eigenvalue weighted by atomic mass is 10.0. The number of phosphoric ester groups is 2. The van der Waals surface area contributed by atoms with Crippen LogP contribution in [0.1, 0.15) is 427 Å². The van der Waals surface area contributed by atoms with E-state index in [0.717, 1.165) is 108 Å². The summed E-state index contributed by atoms with van der Waals surface area (Å²) in [6, 6.07) is 0. The Kier molecular flexibility index (Phi) is 70.9. The van der Waals surface area contributed by atoms with Crippen LogP contribution in [0.25, 0.3) is 0 Å². The van der Waals surface area contributed by atoms with Crippen LogP contribution in [0.15, 0.2) is 0 Å². The number of carbonyl (C=O) groups excluding carboxylic acids is 4. The van der Waals surface area contributed by atoms with Crippen molar-refractivity contribution < 1.29 is 80.2 Å². The summed E-state index contributed by atoms with van der Waals surface area (Å²) < 4.78 is 68.8. The van der Waals surface area contributed by atoms with Gasteiger partial charge in [0.05, 0.1) is 26.4 Å². The predicted molar refractivity (Wildman–Crippen MR) is 414 cm³/mol. The maximum atomic E-state index is 13.1. The molecular formula is C82H160O17P2. The van der Waals surface area contributed by atoms with Crippen LogP contribution in [0.3, 0.4) is 0 Å². The van der Waals surface area contributed by atoms with Crippen molar-refractivity contribution in [2.45, 2.75) is 446 Å². The smallest absolute Gasteiger partial charge is 0.462 e. The van der Waals surface area contributed by atoms with E-state index in [4.69, 9.17) is 37.0 Å². The van der Waals surface area contributed by atoms with Gasteiger partial charge in [-0.2, -0.15) is 0 Å². The number of hydrogen-bond donors (Lipinski definition) is 3. The number of aliphatic hydroxyl groups is 1. The van der Waals surface area contributed by atoms with E-state index in [1.54, 1.807) is 0 Å². The Hall–Kier alpha value is -1.94. The molecule has 5 atom stereocenters. The van der Waals surface area contributed by atoms with Gasteiger partial charge in [0.2, 0.25) is 0 Å². The number of aliphatic hydroxyl groups excluding tert-OH is 1. The minimum Gasteiger partial charge on any atom is -0.462 e. The Morgan fingerprint density at radius 2 is 0.455 bits per heavy atom. The van der Waals surface area contributed by atoms with Crippen LogP contribution in [0.4, 0.5) is 0 Å². The summed E-state index contributed by atoms with van der Waals surface area (Å²) in [5.41, 5.74) is 0. The number of phosphoric acid groups is 2. The average molecular weight is 1480 g/mol. The van der Waals surface area contributed by atoms with Crippen LogP contribution in [0, 0.1) is 17.8 Å². The van der Waals surface area contributed by atoms with Crippen LogP contribution in [0.2, 0.25) is 0 Å². The third kappa shape index (κ3) is 76.1. The Morgan fingerprint density at radius 1 is 0.267 bits per heavy atom. The molecule has 600 valence electrons. The predicted octanol–water partition coefficient (Wildman–Crippen LogP) is 24.5. The second-order valence-corrected chi connectivity index (χ2v) is 33.8. The second-order valence-electron chi connectivity index (χ2n) is 30.9. The highest BCUT2D eigenvalue weighted by Crippen LogP contribution is 2.45. The standard InChI is InChI=1S/C82H160O17P2/c1-8-9-10-11-12-13-14-18-28-35-42-49-56-63-79(84)92-69-78(99-82(87)66-59-52-45-38-31-24-22-27-34-41-48-55-62-75(6)7)72-97-101(90,91)95-68-76(83)67-94-100(88,89)96-71-77(70-93-80(85)64-57-50-43-36-29-23-21-26-33-40-47-54-61-74(4)5)98-81(86)65-58-51-44-37-30-20-17-15-16-19-25-32-39-46-53-60-73(2)3/h73-78,83H,8-72H2,1-7H3,(H,88,89)(H,90,91)/t76-,77-,78-/m1/s1. The lowest BCUT2D eigenvalue weighted by Gasteiger charge is -2.21. The molecule has 101 heavy (non-hydrogen) atoms. The normalized spacial score (nSPS) is 14.0. The topological polar surface area (TPSA) is 237 Å². The van der Waals surface area contributed by atoms with Crippen molar-refractivity contribution in [1.82, 2.24) is 0 Å². The molecule has 0 bridgehead atoms. The molecule has 0 aliphatic carbocycles. The van der Waals surface area contributed by atoms with Crippen molar-refractivity contribution in [2.75, 3.05) is 39.6 Å². The third-order valence-corrected chi connectivity index (χ3v) is 21.0. The first kappa shape index (κ1) is 99.1. The molecule has 0 amide bonds. The van der Waals surface area contributed by atoms with Gasteiger partial charge in [0, 0.05) is 25.7 Å². The molecule has 0 saturated carbocycles. The number of ether oxygens (including phenoxy) is 4. The SMILES string of the molecule is CCCCCCCCCCCCCCCC(=O)OC[C@H](COP(=O)(O)OC[C@H](O)COP(=O)(O)OC[C@@H](COC(=O)CCCCCCCCCCCCCCC(C)C)OC(=O)CCCCCCCCCCCCCCCCCC(C)C)OC(=O)CCCCCCCCCCCCCCC(C)C. The molecular weight excluding hydrogens is 1320 g/mol. The van der Waals surface area contributed by atoms with Gasteiger partial charge >= 0.3 is 39.5 Å². The molecule has 19 heteroatoms. The average Bonchev–Trinajstić information content (AvgIpc) is 1.05. The first-order valence-corrected chi connectivity index (χ1v) is 45.3. The summed E-state index contributed by atoms with van der Waals surface area (Å²) in [6.07, 6.45) is 60.9. The second kappa shape index (κ2) is 72.3. The molecule has 0 heterocycles. The zero-order chi connectivity index (χ0) is 74.4. The Labute approximate surface area is 619 Å². The summed E-state index contributed by atoms with van der Waals surface area (Å²) in [5.74, 6) is 0.254. The molecule has 0 radical (unpaired) electrons. The summed E-state index contributed by atoms with van der Waals surface area (Å²) in [5, 5.41) is 10.7. The fraction of sp³-hybridized carbons (Fsp3) is 0.951. The summed E-state index contributed by atoms with van der Waals surface area (Å²) >= 11 is 0. The maximum Gasteiger partial charge on any atom is 0.472 e. The number of carbonyl (C=O) groups is 4. The minimum absolute atomic E-state index is 0.107. The van der Waals surface area contributed by atoms with Crippen LogP contribution < -0.4 is 0 Å². The molecule has 3 N–H and O–H groups in total. The molecule has 0 aromatic heterocycles. The van der Waals surface area contributed by atoms with Crippen LogP contribution in [-0.4, -0.2) is 96.7 Å².